The van der Waals surface area contributed by atoms with Crippen LogP contribution in [-0.4, -0.2) is 18.1 Å². The van der Waals surface area contributed by atoms with E-state index in [9.17, 15) is 4.79 Å². The predicted octanol–water partition coefficient (Wildman–Crippen LogP) is 2.09. The fourth-order valence-corrected chi connectivity index (χ4v) is 1.12. The van der Waals surface area contributed by atoms with Gasteiger partial charge in [-0.3, -0.25) is 4.79 Å². The Bertz CT molecular complexity index is 99.1. The minimum Gasteiger partial charge on any atom is -0.303 e. The van der Waals surface area contributed by atoms with Gasteiger partial charge in [0.25, 0.3) is 0 Å². The molecule has 6 heteroatoms. The molecule has 0 amide bonds. The molecule has 0 saturated heterocycles. The Labute approximate surface area is 69.2 Å². The summed E-state index contributed by atoms with van der Waals surface area (Å²) in [7, 11) is 0. The average molecular weight is 208 g/mol. The van der Waals surface area contributed by atoms with Crippen LogP contribution in [0.25, 0.3) is 0 Å². The van der Waals surface area contributed by atoms with Gasteiger partial charge in [-0.15, -0.1) is 0 Å². The first kappa shape index (κ1) is 9.93. The summed E-state index contributed by atoms with van der Waals surface area (Å²) < 4.78 is 0. The third-order valence-electron chi connectivity index (χ3n) is 0.495. The van der Waals surface area contributed by atoms with E-state index >= 15 is 0 Å². The highest BCUT2D eigenvalue weighted by Crippen LogP contribution is 2.44. The highest BCUT2D eigenvalue weighted by atomic mass is 35.9. The van der Waals surface area contributed by atoms with Crippen LogP contribution < -0.4 is 5.32 Å². The molecule has 0 aromatic rings. The number of halogens is 3. The van der Waals surface area contributed by atoms with Crippen LogP contribution in [0, 0.1) is 0 Å². The Hall–Kier alpha value is 0.930. The van der Waals surface area contributed by atoms with Crippen molar-refractivity contribution in [1.82, 2.24) is 5.32 Å². The minimum absolute atomic E-state index is 0.125. The monoisotopic (exact) mass is 207 g/mol. The molecule has 0 aromatic heterocycles. The highest BCUT2D eigenvalue weighted by Gasteiger charge is 1.98. The van der Waals surface area contributed by atoms with Gasteiger partial charge in [-0.1, -0.05) is 22.5 Å². The van der Waals surface area contributed by atoms with Gasteiger partial charge in [-0.25, -0.2) is 0 Å². The van der Waals surface area contributed by atoms with E-state index in [0.717, 1.165) is 0 Å². The zero-order valence-electron chi connectivity index (χ0n) is 4.40. The van der Waals surface area contributed by atoms with Crippen LogP contribution in [0.15, 0.2) is 0 Å². The van der Waals surface area contributed by atoms with E-state index in [1.54, 1.807) is 0 Å². The van der Waals surface area contributed by atoms with E-state index < -0.39 is 11.9 Å². The Morgan fingerprint density at radius 3 is 2.44 bits per heavy atom. The van der Waals surface area contributed by atoms with E-state index in [1.165, 1.54) is 0 Å². The zero-order valence-corrected chi connectivity index (χ0v) is 7.57. The fraction of sp³-hybridized carbons (Fsp3) is 0.667. The van der Waals surface area contributed by atoms with Crippen LogP contribution in [0.1, 0.15) is 0 Å². The van der Waals surface area contributed by atoms with Crippen molar-refractivity contribution >= 4 is 46.0 Å². The first-order chi connectivity index (χ1) is 4.13. The van der Waals surface area contributed by atoms with Crippen LogP contribution in [0.3, 0.4) is 0 Å². The summed E-state index contributed by atoms with van der Waals surface area (Å²) >= 11 is 15.7. The van der Waals surface area contributed by atoms with Crippen LogP contribution in [-0.2, 0) is 4.79 Å². The molecule has 1 N–H and O–H groups in total. The summed E-state index contributed by atoms with van der Waals surface area (Å²) in [5.74, 6) is 0. The Morgan fingerprint density at radius 2 is 2.11 bits per heavy atom. The van der Waals surface area contributed by atoms with Gasteiger partial charge in [0.1, 0.15) is 0 Å². The standard InChI is InChI=1S/C3H5Cl3NOP/c4-3(8)1-7-2-9(5)6/h7H,1-2H2. The topological polar surface area (TPSA) is 29.1 Å². The maximum Gasteiger partial charge on any atom is 0.235 e. The largest absolute Gasteiger partial charge is 0.303 e. The van der Waals surface area contributed by atoms with Gasteiger partial charge in [0.05, 0.1) is 13.2 Å². The first-order valence-corrected chi connectivity index (χ1v) is 5.82. The van der Waals surface area contributed by atoms with Crippen molar-refractivity contribution in [2.45, 2.75) is 0 Å². The molecule has 2 nitrogen and oxygen atoms in total. The quantitative estimate of drug-likeness (QED) is 0.566. The van der Waals surface area contributed by atoms with E-state index in [0.29, 0.717) is 6.29 Å². The Kier molecular flexibility index (Phi) is 6.28. The number of nitrogens with one attached hydrogen (secondary N) is 1. The molecule has 0 bridgehead atoms. The molecule has 0 aliphatic heterocycles. The van der Waals surface area contributed by atoms with Crippen LogP contribution in [0.2, 0.25) is 0 Å². The molecule has 0 atom stereocenters. The number of rotatable bonds is 4. The molecule has 0 aromatic carbocycles. The summed E-state index contributed by atoms with van der Waals surface area (Å²) in [6, 6.07) is 0. The highest BCUT2D eigenvalue weighted by molar-refractivity contribution is 8.03. The molecule has 0 saturated carbocycles. The van der Waals surface area contributed by atoms with Crippen molar-refractivity contribution < 1.29 is 4.79 Å². The SMILES string of the molecule is O=C(Cl)CNCP(Cl)Cl. The molecule has 0 fully saturated rings. The first-order valence-electron chi connectivity index (χ1n) is 2.11. The van der Waals surface area contributed by atoms with E-state index in [4.69, 9.17) is 34.1 Å². The smallest absolute Gasteiger partial charge is 0.235 e. The van der Waals surface area contributed by atoms with Gasteiger partial charge < -0.3 is 5.32 Å². The number of carbonyl (C=O) groups excluding carboxylic acids is 1. The van der Waals surface area contributed by atoms with Crippen molar-refractivity contribution in [3.8, 4) is 0 Å². The van der Waals surface area contributed by atoms with Gasteiger partial charge in [0.15, 0.2) is 0 Å². The van der Waals surface area contributed by atoms with Gasteiger partial charge in [-0.05, 0) is 11.6 Å². The van der Waals surface area contributed by atoms with Crippen LogP contribution >= 0.6 is 40.7 Å². The van der Waals surface area contributed by atoms with Crippen molar-refractivity contribution in [3.05, 3.63) is 0 Å². The molecule has 0 rings (SSSR count). The second kappa shape index (κ2) is 5.70. The summed E-state index contributed by atoms with van der Waals surface area (Å²) in [6.45, 7) is -0.884. The molecule has 54 valence electrons. The molecule has 0 spiro atoms. The maximum absolute atomic E-state index is 10.0. The van der Waals surface area contributed by atoms with Crippen molar-refractivity contribution in [2.24, 2.45) is 0 Å². The second-order valence-electron chi connectivity index (χ2n) is 1.24. The molecule has 0 aliphatic carbocycles. The third-order valence-corrected chi connectivity index (χ3v) is 1.81. The number of hydrogen-bond donors (Lipinski definition) is 1. The van der Waals surface area contributed by atoms with E-state index in [-0.39, 0.29) is 6.54 Å². The summed E-state index contributed by atoms with van der Waals surface area (Å²) in [4.78, 5) is 10.0. The Balaban J connectivity index is 3.01. The second-order valence-corrected chi connectivity index (χ2v) is 5.55. The van der Waals surface area contributed by atoms with Crippen molar-refractivity contribution in [3.63, 3.8) is 0 Å². The molecule has 0 heterocycles. The van der Waals surface area contributed by atoms with E-state index in [2.05, 4.69) is 5.32 Å². The fourth-order valence-electron chi connectivity index (χ4n) is 0.239. The molecular weight excluding hydrogens is 203 g/mol. The van der Waals surface area contributed by atoms with Gasteiger partial charge in [0.2, 0.25) is 5.24 Å². The Morgan fingerprint density at radius 1 is 1.56 bits per heavy atom. The molecule has 0 radical (unpaired) electrons. The molecule has 9 heavy (non-hydrogen) atoms. The normalized spacial score (nSPS) is 10.2. The molecule has 0 unspecified atom stereocenters. The lowest BCUT2D eigenvalue weighted by atomic mass is 10.7. The van der Waals surface area contributed by atoms with Crippen molar-refractivity contribution in [2.75, 3.05) is 12.8 Å². The van der Waals surface area contributed by atoms with Crippen LogP contribution in [0.4, 0.5) is 0 Å². The average Bonchev–Trinajstić information content (AvgIpc) is 1.63. The van der Waals surface area contributed by atoms with Crippen molar-refractivity contribution in [1.29, 1.82) is 0 Å². The lowest BCUT2D eigenvalue weighted by Gasteiger charge is -1.98. The van der Waals surface area contributed by atoms with Gasteiger partial charge in [0, 0.05) is 6.29 Å². The minimum atomic E-state index is -1.01. The zero-order chi connectivity index (χ0) is 7.28. The van der Waals surface area contributed by atoms with Gasteiger partial charge in [-0.2, -0.15) is 0 Å². The number of carbonyl (C=O) groups is 1. The van der Waals surface area contributed by atoms with Crippen LogP contribution in [0.5, 0.6) is 0 Å². The number of hydrogen-bond acceptors (Lipinski definition) is 2. The predicted molar refractivity (Wildman–Crippen MR) is 42.4 cm³/mol. The molecule has 0 aliphatic rings. The summed E-state index contributed by atoms with van der Waals surface area (Å²) in [6.07, 6.45) is 0.441. The molecular formula is C3H5Cl3NOP. The lowest BCUT2D eigenvalue weighted by Crippen LogP contribution is -2.18. The van der Waals surface area contributed by atoms with E-state index in [1.807, 2.05) is 0 Å². The lowest BCUT2D eigenvalue weighted by molar-refractivity contribution is -0.110. The summed E-state index contributed by atoms with van der Waals surface area (Å²) in [5.41, 5.74) is 0. The third kappa shape index (κ3) is 8.93. The van der Waals surface area contributed by atoms with Gasteiger partial charge >= 0.3 is 0 Å². The summed E-state index contributed by atoms with van der Waals surface area (Å²) in [5, 5.41) is 2.24. The maximum atomic E-state index is 10.0.